The fourth-order valence-corrected chi connectivity index (χ4v) is 2.71. The molecule has 0 spiro atoms. The summed E-state index contributed by atoms with van der Waals surface area (Å²) in [5, 5.41) is 12.0. The van der Waals surface area contributed by atoms with Gasteiger partial charge in [-0.3, -0.25) is 0 Å². The minimum atomic E-state index is -0.540. The fraction of sp³-hybridized carbons (Fsp3) is 0.118. The Morgan fingerprint density at radius 1 is 1.50 bits per heavy atom. The van der Waals surface area contributed by atoms with Gasteiger partial charge in [-0.25, -0.2) is 4.39 Å². The number of nitriles is 1. The summed E-state index contributed by atoms with van der Waals surface area (Å²) in [6, 6.07) is 6.10. The van der Waals surface area contributed by atoms with E-state index in [1.54, 1.807) is 6.07 Å². The predicted molar refractivity (Wildman–Crippen MR) is 86.4 cm³/mol. The number of anilines is 2. The second kappa shape index (κ2) is 5.08. The molecule has 3 rings (SSSR count). The van der Waals surface area contributed by atoms with Crippen LogP contribution in [0, 0.1) is 24.1 Å². The summed E-state index contributed by atoms with van der Waals surface area (Å²) in [5.41, 5.74) is 11.0. The molecule has 0 saturated heterocycles. The average molecular weight is 294 g/mol. The van der Waals surface area contributed by atoms with Crippen molar-refractivity contribution in [2.45, 2.75) is 13.5 Å². The van der Waals surface area contributed by atoms with Gasteiger partial charge in [0.2, 0.25) is 0 Å². The lowest BCUT2D eigenvalue weighted by atomic mass is 10.1. The van der Waals surface area contributed by atoms with Gasteiger partial charge in [-0.05, 0) is 36.8 Å². The van der Waals surface area contributed by atoms with Crippen molar-refractivity contribution < 1.29 is 4.39 Å². The van der Waals surface area contributed by atoms with E-state index in [4.69, 9.17) is 11.0 Å². The van der Waals surface area contributed by atoms with Crippen LogP contribution in [-0.4, -0.2) is 4.57 Å². The zero-order valence-corrected chi connectivity index (χ0v) is 12.2. The summed E-state index contributed by atoms with van der Waals surface area (Å²) in [5.74, 6) is -0.540. The van der Waals surface area contributed by atoms with Crippen molar-refractivity contribution in [2.24, 2.45) is 0 Å². The third-order valence-corrected chi connectivity index (χ3v) is 3.84. The molecule has 4 nitrogen and oxygen atoms in total. The number of hydrogen-bond acceptors (Lipinski definition) is 3. The largest absolute Gasteiger partial charge is 0.397 e. The van der Waals surface area contributed by atoms with Gasteiger partial charge in [0.1, 0.15) is 11.9 Å². The van der Waals surface area contributed by atoms with E-state index in [9.17, 15) is 4.39 Å². The Morgan fingerprint density at radius 3 is 3.00 bits per heavy atom. The van der Waals surface area contributed by atoms with Crippen LogP contribution in [0.15, 0.2) is 30.9 Å². The maximum Gasteiger partial charge on any atom is 0.141 e. The quantitative estimate of drug-likeness (QED) is 0.910. The lowest BCUT2D eigenvalue weighted by molar-refractivity contribution is 0.624. The first kappa shape index (κ1) is 14.0. The molecule has 3 N–H and O–H groups in total. The summed E-state index contributed by atoms with van der Waals surface area (Å²) < 4.78 is 15.5. The fourth-order valence-electron chi connectivity index (χ4n) is 2.71. The number of rotatable bonds is 3. The van der Waals surface area contributed by atoms with E-state index < -0.39 is 5.82 Å². The number of halogens is 1. The molecule has 0 saturated carbocycles. The molecule has 0 bridgehead atoms. The Bertz CT molecular complexity index is 853. The van der Waals surface area contributed by atoms with Crippen LogP contribution in [0.2, 0.25) is 0 Å². The minimum Gasteiger partial charge on any atom is -0.397 e. The number of nitrogen functional groups attached to an aromatic ring is 1. The monoisotopic (exact) mass is 294 g/mol. The number of benzene rings is 1. The molecule has 110 valence electrons. The SMILES string of the molecule is C=C(Nc1ccc(F)c(C#N)c1)c1c(N)c(C)c2n1CC=C2. The number of aromatic nitrogens is 1. The Hall–Kier alpha value is -3.00. The molecule has 1 aliphatic heterocycles. The van der Waals surface area contributed by atoms with Crippen molar-refractivity contribution in [2.75, 3.05) is 11.1 Å². The second-order valence-electron chi connectivity index (χ2n) is 5.20. The van der Waals surface area contributed by atoms with Gasteiger partial charge in [-0.1, -0.05) is 12.7 Å². The van der Waals surface area contributed by atoms with Crippen LogP contribution in [0.25, 0.3) is 11.8 Å². The van der Waals surface area contributed by atoms with Crippen molar-refractivity contribution in [1.82, 2.24) is 4.57 Å². The summed E-state index contributed by atoms with van der Waals surface area (Å²) in [7, 11) is 0. The molecule has 0 unspecified atom stereocenters. The number of nitrogens with one attached hydrogen (secondary N) is 1. The van der Waals surface area contributed by atoms with Crippen molar-refractivity contribution in [3.63, 3.8) is 0 Å². The molecule has 2 heterocycles. The van der Waals surface area contributed by atoms with E-state index >= 15 is 0 Å². The zero-order valence-electron chi connectivity index (χ0n) is 12.2. The molecule has 1 aromatic carbocycles. The summed E-state index contributed by atoms with van der Waals surface area (Å²) >= 11 is 0. The summed E-state index contributed by atoms with van der Waals surface area (Å²) in [6.07, 6.45) is 4.10. The Labute approximate surface area is 128 Å². The van der Waals surface area contributed by atoms with Crippen molar-refractivity contribution in [3.8, 4) is 6.07 Å². The number of fused-ring (bicyclic) bond motifs is 1. The van der Waals surface area contributed by atoms with Crippen LogP contribution < -0.4 is 11.1 Å². The Kier molecular flexibility index (Phi) is 3.22. The smallest absolute Gasteiger partial charge is 0.141 e. The Morgan fingerprint density at radius 2 is 2.27 bits per heavy atom. The molecular weight excluding hydrogens is 279 g/mol. The van der Waals surface area contributed by atoms with Gasteiger partial charge in [0.25, 0.3) is 0 Å². The highest BCUT2D eigenvalue weighted by atomic mass is 19.1. The van der Waals surface area contributed by atoms with E-state index in [-0.39, 0.29) is 5.56 Å². The molecule has 2 aromatic rings. The highest BCUT2D eigenvalue weighted by molar-refractivity contribution is 5.84. The van der Waals surface area contributed by atoms with E-state index in [1.807, 2.05) is 19.1 Å². The van der Waals surface area contributed by atoms with E-state index in [1.165, 1.54) is 12.1 Å². The molecule has 5 heteroatoms. The van der Waals surface area contributed by atoms with Crippen LogP contribution in [0.3, 0.4) is 0 Å². The number of hydrogen-bond donors (Lipinski definition) is 2. The maximum absolute atomic E-state index is 13.4. The highest BCUT2D eigenvalue weighted by Crippen LogP contribution is 2.33. The van der Waals surface area contributed by atoms with Gasteiger partial charge < -0.3 is 15.6 Å². The molecule has 0 aliphatic carbocycles. The molecule has 0 atom stereocenters. The minimum absolute atomic E-state index is 0.0102. The van der Waals surface area contributed by atoms with Gasteiger partial charge in [-0.15, -0.1) is 0 Å². The van der Waals surface area contributed by atoms with Crippen LogP contribution in [-0.2, 0) is 6.54 Å². The molecule has 22 heavy (non-hydrogen) atoms. The first-order chi connectivity index (χ1) is 10.5. The Balaban J connectivity index is 1.94. The van der Waals surface area contributed by atoms with E-state index in [0.29, 0.717) is 17.1 Å². The average Bonchev–Trinajstić information content (AvgIpc) is 3.05. The van der Waals surface area contributed by atoms with Gasteiger partial charge in [0.15, 0.2) is 0 Å². The van der Waals surface area contributed by atoms with E-state index in [2.05, 4.69) is 22.5 Å². The molecule has 0 fully saturated rings. The number of allylic oxidation sites excluding steroid dienone is 1. The van der Waals surface area contributed by atoms with Gasteiger partial charge in [-0.2, -0.15) is 5.26 Å². The zero-order chi connectivity index (χ0) is 15.9. The molecule has 0 amide bonds. The lowest BCUT2D eigenvalue weighted by Gasteiger charge is -2.13. The van der Waals surface area contributed by atoms with Crippen LogP contribution in [0.5, 0.6) is 0 Å². The van der Waals surface area contributed by atoms with Gasteiger partial charge >= 0.3 is 0 Å². The molecule has 0 radical (unpaired) electrons. The van der Waals surface area contributed by atoms with Crippen molar-refractivity contribution in [1.29, 1.82) is 5.26 Å². The van der Waals surface area contributed by atoms with Crippen molar-refractivity contribution >= 4 is 23.1 Å². The van der Waals surface area contributed by atoms with Crippen LogP contribution in [0.4, 0.5) is 15.8 Å². The molecule has 1 aromatic heterocycles. The van der Waals surface area contributed by atoms with E-state index in [0.717, 1.165) is 23.5 Å². The first-order valence-corrected chi connectivity index (χ1v) is 6.84. The number of nitrogens with two attached hydrogens (primary N) is 1. The highest BCUT2D eigenvalue weighted by Gasteiger charge is 2.20. The van der Waals surface area contributed by atoms with Gasteiger partial charge in [0.05, 0.1) is 22.6 Å². The van der Waals surface area contributed by atoms with Gasteiger partial charge in [0, 0.05) is 17.9 Å². The third-order valence-electron chi connectivity index (χ3n) is 3.84. The topological polar surface area (TPSA) is 66.8 Å². The van der Waals surface area contributed by atoms with Crippen molar-refractivity contribution in [3.05, 3.63) is 59.2 Å². The van der Waals surface area contributed by atoms with Crippen LogP contribution >= 0.6 is 0 Å². The molecule has 1 aliphatic rings. The standard InChI is InChI=1S/C17H15FN4/c1-10-15-4-3-7-22(15)17(16(10)20)11(2)21-13-5-6-14(18)12(8-13)9-19/h3-6,8,21H,2,7,20H2,1H3. The maximum atomic E-state index is 13.4. The first-order valence-electron chi connectivity index (χ1n) is 6.84. The second-order valence-corrected chi connectivity index (χ2v) is 5.20. The predicted octanol–water partition coefficient (Wildman–Crippen LogP) is 3.50. The normalized spacial score (nSPS) is 12.0. The number of nitrogens with zero attached hydrogens (tertiary/aromatic N) is 2. The third kappa shape index (κ3) is 2.06. The summed E-state index contributed by atoms with van der Waals surface area (Å²) in [4.78, 5) is 0. The lowest BCUT2D eigenvalue weighted by Crippen LogP contribution is -2.07. The van der Waals surface area contributed by atoms with Crippen LogP contribution in [0.1, 0.15) is 22.5 Å². The molecular formula is C17H15FN4. The summed E-state index contributed by atoms with van der Waals surface area (Å²) in [6.45, 7) is 6.75.